The summed E-state index contributed by atoms with van der Waals surface area (Å²) in [6.07, 6.45) is 0. The van der Waals surface area contributed by atoms with Gasteiger partial charge in [-0.15, -0.1) is 0 Å². The van der Waals surface area contributed by atoms with E-state index in [2.05, 4.69) is 16.0 Å². The molecule has 3 N–H and O–H groups in total. The fraction of sp³-hybridized carbons (Fsp3) is 0.250. The number of carbonyl (C=O) groups excluding carboxylic acids is 3. The number of para-hydroxylation sites is 2. The first-order chi connectivity index (χ1) is 12.8. The third-order valence-corrected chi connectivity index (χ3v) is 3.86. The molecule has 0 bridgehead atoms. The highest BCUT2D eigenvalue weighted by Crippen LogP contribution is 2.19. The Hall–Kier alpha value is -3.19. The molecule has 0 radical (unpaired) electrons. The van der Waals surface area contributed by atoms with E-state index in [9.17, 15) is 14.4 Å². The zero-order valence-corrected chi connectivity index (χ0v) is 15.7. The number of hydrogen-bond acceptors (Lipinski definition) is 4. The normalized spacial score (nSPS) is 10.4. The lowest BCUT2D eigenvalue weighted by atomic mass is 10.1. The van der Waals surface area contributed by atoms with E-state index < -0.39 is 11.9 Å². The molecule has 27 heavy (non-hydrogen) atoms. The number of benzene rings is 2. The van der Waals surface area contributed by atoms with Crippen molar-refractivity contribution >= 4 is 29.2 Å². The van der Waals surface area contributed by atoms with Crippen molar-refractivity contribution in [2.24, 2.45) is 0 Å². The summed E-state index contributed by atoms with van der Waals surface area (Å²) in [5.41, 5.74) is 3.31. The summed E-state index contributed by atoms with van der Waals surface area (Å²) in [7, 11) is 1.64. The van der Waals surface area contributed by atoms with Crippen molar-refractivity contribution in [1.29, 1.82) is 0 Å². The van der Waals surface area contributed by atoms with Gasteiger partial charge in [0, 0.05) is 11.4 Å². The van der Waals surface area contributed by atoms with Crippen LogP contribution >= 0.6 is 0 Å². The number of nitrogens with zero attached hydrogens (tertiary/aromatic N) is 1. The van der Waals surface area contributed by atoms with Crippen molar-refractivity contribution in [3.63, 3.8) is 0 Å². The van der Waals surface area contributed by atoms with E-state index in [1.165, 1.54) is 4.90 Å². The molecule has 0 aliphatic rings. The van der Waals surface area contributed by atoms with Crippen LogP contribution in [0, 0.1) is 13.8 Å². The van der Waals surface area contributed by atoms with Gasteiger partial charge in [-0.3, -0.25) is 19.8 Å². The average Bonchev–Trinajstić information content (AvgIpc) is 2.58. The third kappa shape index (κ3) is 6.56. The Bertz CT molecular complexity index is 801. The van der Waals surface area contributed by atoms with E-state index >= 15 is 0 Å². The van der Waals surface area contributed by atoms with E-state index in [4.69, 9.17) is 0 Å². The van der Waals surface area contributed by atoms with Crippen LogP contribution in [0.4, 0.5) is 16.2 Å². The predicted octanol–water partition coefficient (Wildman–Crippen LogP) is 2.52. The Labute approximate surface area is 158 Å². The minimum atomic E-state index is -0.611. The summed E-state index contributed by atoms with van der Waals surface area (Å²) in [5.74, 6) is -0.720. The van der Waals surface area contributed by atoms with Crippen molar-refractivity contribution in [2.75, 3.05) is 30.8 Å². The summed E-state index contributed by atoms with van der Waals surface area (Å²) in [6, 6.07) is 14.0. The Morgan fingerprint density at radius 3 is 2.04 bits per heavy atom. The molecule has 4 amide bonds. The monoisotopic (exact) mass is 368 g/mol. The maximum absolute atomic E-state index is 12.2. The van der Waals surface area contributed by atoms with Crippen LogP contribution in [0.25, 0.3) is 0 Å². The molecule has 2 rings (SSSR count). The number of imide groups is 1. The first-order valence-electron chi connectivity index (χ1n) is 8.55. The molecule has 7 heteroatoms. The van der Waals surface area contributed by atoms with Crippen molar-refractivity contribution in [3.05, 3.63) is 59.7 Å². The fourth-order valence-corrected chi connectivity index (χ4v) is 2.59. The van der Waals surface area contributed by atoms with Gasteiger partial charge in [0.05, 0.1) is 13.1 Å². The SMILES string of the molecule is Cc1cccc(C)c1NC(=O)CN(C)CC(=O)NC(=O)Nc1ccccc1. The lowest BCUT2D eigenvalue weighted by molar-refractivity contribution is -0.122. The minimum absolute atomic E-state index is 0.0293. The van der Waals surface area contributed by atoms with Crippen molar-refractivity contribution in [2.45, 2.75) is 13.8 Å². The number of likely N-dealkylation sites (N-methyl/N-ethyl adjacent to an activating group) is 1. The van der Waals surface area contributed by atoms with Crippen LogP contribution in [-0.2, 0) is 9.59 Å². The molecule has 2 aromatic rings. The van der Waals surface area contributed by atoms with Gasteiger partial charge in [-0.25, -0.2) is 4.79 Å². The number of aryl methyl sites for hydroxylation is 2. The van der Waals surface area contributed by atoms with E-state index in [1.54, 1.807) is 31.3 Å². The van der Waals surface area contributed by atoms with E-state index in [0.717, 1.165) is 16.8 Å². The molecule has 0 aliphatic heterocycles. The van der Waals surface area contributed by atoms with Gasteiger partial charge in [-0.2, -0.15) is 0 Å². The molecule has 0 unspecified atom stereocenters. The zero-order valence-electron chi connectivity index (χ0n) is 15.7. The molecule has 0 atom stereocenters. The number of amides is 4. The van der Waals surface area contributed by atoms with Crippen molar-refractivity contribution in [1.82, 2.24) is 10.2 Å². The minimum Gasteiger partial charge on any atom is -0.324 e. The van der Waals surface area contributed by atoms with Crippen LogP contribution in [-0.4, -0.2) is 42.9 Å². The second kappa shape index (κ2) is 9.49. The number of carbonyl (C=O) groups is 3. The molecule has 0 saturated carbocycles. The van der Waals surface area contributed by atoms with Crippen LogP contribution in [0.1, 0.15) is 11.1 Å². The molecule has 142 valence electrons. The molecule has 0 spiro atoms. The van der Waals surface area contributed by atoms with E-state index in [-0.39, 0.29) is 19.0 Å². The molecule has 0 heterocycles. The molecule has 2 aromatic carbocycles. The predicted molar refractivity (Wildman–Crippen MR) is 106 cm³/mol. The van der Waals surface area contributed by atoms with Gasteiger partial charge in [0.1, 0.15) is 0 Å². The van der Waals surface area contributed by atoms with Gasteiger partial charge in [0.15, 0.2) is 0 Å². The van der Waals surface area contributed by atoms with Gasteiger partial charge in [0.2, 0.25) is 11.8 Å². The summed E-state index contributed by atoms with van der Waals surface area (Å²) < 4.78 is 0. The summed E-state index contributed by atoms with van der Waals surface area (Å²) in [5, 5.41) is 7.67. The lowest BCUT2D eigenvalue weighted by Gasteiger charge is -2.17. The quantitative estimate of drug-likeness (QED) is 0.731. The first kappa shape index (κ1) is 20.1. The summed E-state index contributed by atoms with van der Waals surface area (Å²) >= 11 is 0. The number of anilines is 2. The second-order valence-electron chi connectivity index (χ2n) is 6.36. The van der Waals surface area contributed by atoms with Crippen LogP contribution in [0.5, 0.6) is 0 Å². The fourth-order valence-electron chi connectivity index (χ4n) is 2.59. The maximum Gasteiger partial charge on any atom is 0.325 e. The smallest absolute Gasteiger partial charge is 0.324 e. The van der Waals surface area contributed by atoms with E-state index in [1.807, 2.05) is 38.1 Å². The third-order valence-electron chi connectivity index (χ3n) is 3.86. The van der Waals surface area contributed by atoms with Gasteiger partial charge in [0.25, 0.3) is 0 Å². The summed E-state index contributed by atoms with van der Waals surface area (Å²) in [6.45, 7) is 3.79. The Morgan fingerprint density at radius 2 is 1.41 bits per heavy atom. The second-order valence-corrected chi connectivity index (χ2v) is 6.36. The zero-order chi connectivity index (χ0) is 19.8. The molecule has 0 aromatic heterocycles. The van der Waals surface area contributed by atoms with Crippen LogP contribution in [0.3, 0.4) is 0 Å². The van der Waals surface area contributed by atoms with Crippen LogP contribution in [0.15, 0.2) is 48.5 Å². The van der Waals surface area contributed by atoms with Crippen molar-refractivity contribution < 1.29 is 14.4 Å². The Kier molecular flexibility index (Phi) is 7.08. The molecular weight excluding hydrogens is 344 g/mol. The van der Waals surface area contributed by atoms with Crippen LogP contribution < -0.4 is 16.0 Å². The molecule has 0 saturated heterocycles. The van der Waals surface area contributed by atoms with Crippen molar-refractivity contribution in [3.8, 4) is 0 Å². The van der Waals surface area contributed by atoms with Gasteiger partial charge < -0.3 is 10.6 Å². The average molecular weight is 368 g/mol. The maximum atomic E-state index is 12.2. The lowest BCUT2D eigenvalue weighted by Crippen LogP contribution is -2.42. The number of rotatable bonds is 6. The topological polar surface area (TPSA) is 90.5 Å². The van der Waals surface area contributed by atoms with E-state index in [0.29, 0.717) is 5.69 Å². The molecule has 7 nitrogen and oxygen atoms in total. The number of hydrogen-bond donors (Lipinski definition) is 3. The Morgan fingerprint density at radius 1 is 0.815 bits per heavy atom. The summed E-state index contributed by atoms with van der Waals surface area (Å²) in [4.78, 5) is 37.5. The Balaban J connectivity index is 1.78. The number of nitrogens with one attached hydrogen (secondary N) is 3. The van der Waals surface area contributed by atoms with Gasteiger partial charge >= 0.3 is 6.03 Å². The number of urea groups is 1. The highest BCUT2D eigenvalue weighted by Gasteiger charge is 2.14. The largest absolute Gasteiger partial charge is 0.325 e. The molecule has 0 fully saturated rings. The standard InChI is InChI=1S/C20H24N4O3/c1-14-8-7-9-15(2)19(14)22-17(25)12-24(3)13-18(26)23-20(27)21-16-10-5-4-6-11-16/h4-11H,12-13H2,1-3H3,(H,22,25)(H2,21,23,26,27). The van der Waals surface area contributed by atoms with Gasteiger partial charge in [-0.1, -0.05) is 36.4 Å². The van der Waals surface area contributed by atoms with Crippen LogP contribution in [0.2, 0.25) is 0 Å². The first-order valence-corrected chi connectivity index (χ1v) is 8.55. The highest BCUT2D eigenvalue weighted by atomic mass is 16.2. The molecule has 0 aliphatic carbocycles. The van der Waals surface area contributed by atoms with Gasteiger partial charge in [-0.05, 0) is 44.2 Å². The molecular formula is C20H24N4O3. The highest BCUT2D eigenvalue weighted by molar-refractivity contribution is 6.02.